The Kier molecular flexibility index (Phi) is 2.91. The second kappa shape index (κ2) is 4.35. The number of furan rings is 1. The van der Waals surface area contributed by atoms with Gasteiger partial charge in [0, 0.05) is 5.56 Å². The summed E-state index contributed by atoms with van der Waals surface area (Å²) in [5, 5.41) is 0. The first-order valence-electron chi connectivity index (χ1n) is 5.51. The van der Waals surface area contributed by atoms with Crippen molar-refractivity contribution in [3.63, 3.8) is 0 Å². The van der Waals surface area contributed by atoms with E-state index in [9.17, 15) is 0 Å². The zero-order valence-electron chi connectivity index (χ0n) is 9.29. The highest BCUT2D eigenvalue weighted by atomic mass is 16.3. The third-order valence-electron chi connectivity index (χ3n) is 2.77. The topological polar surface area (TPSA) is 13.1 Å². The van der Waals surface area contributed by atoms with Gasteiger partial charge in [-0.1, -0.05) is 32.0 Å². The van der Waals surface area contributed by atoms with E-state index in [-0.39, 0.29) is 0 Å². The molecular formula is C14H16O. The average Bonchev–Trinajstić information content (AvgIpc) is 2.81. The van der Waals surface area contributed by atoms with Crippen molar-refractivity contribution in [2.45, 2.75) is 26.7 Å². The van der Waals surface area contributed by atoms with Crippen molar-refractivity contribution in [1.82, 2.24) is 0 Å². The Hall–Kier alpha value is -1.50. The molecular weight excluding hydrogens is 184 g/mol. The normalized spacial score (nSPS) is 10.5. The smallest absolute Gasteiger partial charge is 0.134 e. The molecule has 0 amide bonds. The van der Waals surface area contributed by atoms with Gasteiger partial charge in [-0.15, -0.1) is 0 Å². The first-order chi connectivity index (χ1) is 7.36. The van der Waals surface area contributed by atoms with Crippen LogP contribution in [0.4, 0.5) is 0 Å². The van der Waals surface area contributed by atoms with Crippen LogP contribution in [0.1, 0.15) is 25.0 Å². The summed E-state index contributed by atoms with van der Waals surface area (Å²) < 4.78 is 5.50. The van der Waals surface area contributed by atoms with Crippen molar-refractivity contribution in [3.05, 3.63) is 47.7 Å². The van der Waals surface area contributed by atoms with Gasteiger partial charge in [0.25, 0.3) is 0 Å². The minimum Gasteiger partial charge on any atom is -0.464 e. The standard InChI is InChI=1S/C14H16O/c1-3-11-7-5-8-12(4-2)14(11)13-9-6-10-15-13/h5-10H,3-4H2,1-2H3. The van der Waals surface area contributed by atoms with E-state index in [1.807, 2.05) is 12.1 Å². The molecule has 0 aliphatic rings. The van der Waals surface area contributed by atoms with Gasteiger partial charge in [-0.3, -0.25) is 0 Å². The summed E-state index contributed by atoms with van der Waals surface area (Å²) in [6.45, 7) is 4.36. The molecule has 15 heavy (non-hydrogen) atoms. The molecule has 0 unspecified atom stereocenters. The Bertz CT molecular complexity index is 404. The molecule has 0 N–H and O–H groups in total. The van der Waals surface area contributed by atoms with Crippen LogP contribution in [0.3, 0.4) is 0 Å². The lowest BCUT2D eigenvalue weighted by Gasteiger charge is -2.10. The lowest BCUT2D eigenvalue weighted by molar-refractivity contribution is 0.581. The van der Waals surface area contributed by atoms with Crippen molar-refractivity contribution >= 4 is 0 Å². The Labute approximate surface area is 90.7 Å². The first kappa shape index (κ1) is 10.0. The van der Waals surface area contributed by atoms with E-state index in [4.69, 9.17) is 4.42 Å². The number of hydrogen-bond acceptors (Lipinski definition) is 1. The molecule has 0 fully saturated rings. The summed E-state index contributed by atoms with van der Waals surface area (Å²) in [6.07, 6.45) is 3.83. The lowest BCUT2D eigenvalue weighted by atomic mass is 9.96. The van der Waals surface area contributed by atoms with E-state index in [2.05, 4.69) is 32.0 Å². The molecule has 1 heteroatoms. The van der Waals surface area contributed by atoms with E-state index >= 15 is 0 Å². The monoisotopic (exact) mass is 200 g/mol. The largest absolute Gasteiger partial charge is 0.464 e. The fraction of sp³-hybridized carbons (Fsp3) is 0.286. The predicted octanol–water partition coefficient (Wildman–Crippen LogP) is 4.07. The van der Waals surface area contributed by atoms with E-state index in [0.29, 0.717) is 0 Å². The van der Waals surface area contributed by atoms with Crippen LogP contribution < -0.4 is 0 Å². The van der Waals surface area contributed by atoms with Crippen LogP contribution in [-0.4, -0.2) is 0 Å². The quantitative estimate of drug-likeness (QED) is 0.727. The van der Waals surface area contributed by atoms with Gasteiger partial charge in [0.15, 0.2) is 0 Å². The highest BCUT2D eigenvalue weighted by Gasteiger charge is 2.10. The molecule has 1 heterocycles. The third kappa shape index (κ3) is 1.82. The van der Waals surface area contributed by atoms with Gasteiger partial charge in [0.1, 0.15) is 5.76 Å². The number of benzene rings is 1. The molecule has 2 aromatic rings. The summed E-state index contributed by atoms with van der Waals surface area (Å²) >= 11 is 0. The van der Waals surface area contributed by atoms with E-state index in [0.717, 1.165) is 18.6 Å². The Morgan fingerprint density at radius 2 is 1.60 bits per heavy atom. The number of rotatable bonds is 3. The van der Waals surface area contributed by atoms with Crippen molar-refractivity contribution in [2.75, 3.05) is 0 Å². The SMILES string of the molecule is CCc1cccc(CC)c1-c1ccco1. The maximum absolute atomic E-state index is 5.50. The summed E-state index contributed by atoms with van der Waals surface area (Å²) in [5.41, 5.74) is 4.01. The summed E-state index contributed by atoms with van der Waals surface area (Å²) in [4.78, 5) is 0. The molecule has 78 valence electrons. The highest BCUT2D eigenvalue weighted by Crippen LogP contribution is 2.28. The van der Waals surface area contributed by atoms with Crippen molar-refractivity contribution in [3.8, 4) is 11.3 Å². The maximum atomic E-state index is 5.50. The number of hydrogen-bond donors (Lipinski definition) is 0. The molecule has 0 saturated heterocycles. The van der Waals surface area contributed by atoms with Crippen LogP contribution in [0.15, 0.2) is 41.0 Å². The fourth-order valence-electron chi connectivity index (χ4n) is 1.98. The van der Waals surface area contributed by atoms with Crippen molar-refractivity contribution < 1.29 is 4.42 Å². The minimum atomic E-state index is 0.990. The summed E-state index contributed by atoms with van der Waals surface area (Å²) in [5.74, 6) is 0.990. The Morgan fingerprint density at radius 3 is 2.07 bits per heavy atom. The minimum absolute atomic E-state index is 0.990. The van der Waals surface area contributed by atoms with Crippen molar-refractivity contribution in [1.29, 1.82) is 0 Å². The molecule has 0 aliphatic heterocycles. The van der Waals surface area contributed by atoms with Gasteiger partial charge in [0.2, 0.25) is 0 Å². The van der Waals surface area contributed by atoms with Gasteiger partial charge in [-0.05, 0) is 36.1 Å². The van der Waals surface area contributed by atoms with Gasteiger partial charge in [-0.2, -0.15) is 0 Å². The zero-order chi connectivity index (χ0) is 10.7. The Morgan fingerprint density at radius 1 is 0.933 bits per heavy atom. The van der Waals surface area contributed by atoms with Crippen LogP contribution >= 0.6 is 0 Å². The van der Waals surface area contributed by atoms with Gasteiger partial charge >= 0.3 is 0 Å². The van der Waals surface area contributed by atoms with Crippen LogP contribution in [0, 0.1) is 0 Å². The third-order valence-corrected chi connectivity index (χ3v) is 2.77. The van der Waals surface area contributed by atoms with E-state index < -0.39 is 0 Å². The summed E-state index contributed by atoms with van der Waals surface area (Å²) in [6, 6.07) is 10.5. The van der Waals surface area contributed by atoms with Gasteiger partial charge in [-0.25, -0.2) is 0 Å². The van der Waals surface area contributed by atoms with Crippen LogP contribution in [-0.2, 0) is 12.8 Å². The van der Waals surface area contributed by atoms with Crippen LogP contribution in [0.5, 0.6) is 0 Å². The second-order valence-electron chi connectivity index (χ2n) is 3.64. The molecule has 1 aromatic carbocycles. The van der Waals surface area contributed by atoms with Gasteiger partial charge < -0.3 is 4.42 Å². The molecule has 0 bridgehead atoms. The maximum Gasteiger partial charge on any atom is 0.134 e. The predicted molar refractivity (Wildman–Crippen MR) is 62.9 cm³/mol. The average molecular weight is 200 g/mol. The van der Waals surface area contributed by atoms with Crippen LogP contribution in [0.2, 0.25) is 0 Å². The first-order valence-corrected chi connectivity index (χ1v) is 5.51. The summed E-state index contributed by atoms with van der Waals surface area (Å²) in [7, 11) is 0. The van der Waals surface area contributed by atoms with Gasteiger partial charge in [0.05, 0.1) is 6.26 Å². The fourth-order valence-corrected chi connectivity index (χ4v) is 1.98. The molecule has 0 radical (unpaired) electrons. The second-order valence-corrected chi connectivity index (χ2v) is 3.64. The molecule has 1 nitrogen and oxygen atoms in total. The number of aryl methyl sites for hydroxylation is 2. The van der Waals surface area contributed by atoms with Crippen molar-refractivity contribution in [2.24, 2.45) is 0 Å². The molecule has 0 saturated carbocycles. The molecule has 0 atom stereocenters. The molecule has 1 aromatic heterocycles. The highest BCUT2D eigenvalue weighted by molar-refractivity contribution is 5.66. The molecule has 0 aliphatic carbocycles. The van der Waals surface area contributed by atoms with Crippen LogP contribution in [0.25, 0.3) is 11.3 Å². The zero-order valence-corrected chi connectivity index (χ0v) is 9.29. The lowest BCUT2D eigenvalue weighted by Crippen LogP contribution is -1.92. The van der Waals surface area contributed by atoms with E-state index in [1.165, 1.54) is 16.7 Å². The molecule has 2 rings (SSSR count). The Balaban J connectivity index is 2.61. The molecule has 0 spiro atoms. The van der Waals surface area contributed by atoms with E-state index in [1.54, 1.807) is 6.26 Å².